The molecule has 0 saturated heterocycles. The molecule has 0 aliphatic heterocycles. The third kappa shape index (κ3) is 5.24. The third-order valence-corrected chi connectivity index (χ3v) is 5.01. The molecule has 1 aromatic heterocycles. The van der Waals surface area contributed by atoms with Crippen LogP contribution >= 0.6 is 34.9 Å². The molecule has 2 N–H and O–H groups in total. The van der Waals surface area contributed by atoms with Crippen molar-refractivity contribution in [3.8, 4) is 0 Å². The highest BCUT2D eigenvalue weighted by Crippen LogP contribution is 2.27. The second-order valence-corrected chi connectivity index (χ2v) is 6.50. The SMILES string of the molecule is CCNC(CCSc1nnc(SC)s1)C(=O)O. The van der Waals surface area contributed by atoms with Crippen molar-refractivity contribution < 1.29 is 9.90 Å². The molecule has 1 rings (SSSR count). The number of hydrogen-bond donors (Lipinski definition) is 2. The summed E-state index contributed by atoms with van der Waals surface area (Å²) in [5.41, 5.74) is 0. The van der Waals surface area contributed by atoms with Gasteiger partial charge < -0.3 is 10.4 Å². The van der Waals surface area contributed by atoms with Gasteiger partial charge in [0.25, 0.3) is 0 Å². The highest BCUT2D eigenvalue weighted by Gasteiger charge is 2.15. The fourth-order valence-corrected chi connectivity index (χ4v) is 3.67. The van der Waals surface area contributed by atoms with E-state index in [4.69, 9.17) is 5.11 Å². The minimum atomic E-state index is -0.797. The highest BCUT2D eigenvalue weighted by molar-refractivity contribution is 8.02. The van der Waals surface area contributed by atoms with Crippen molar-refractivity contribution in [2.24, 2.45) is 0 Å². The Balaban J connectivity index is 2.32. The number of carbonyl (C=O) groups is 1. The number of nitrogens with one attached hydrogen (secondary N) is 1. The standard InChI is InChI=1S/C9H15N3O2S3/c1-3-10-6(7(13)14)4-5-16-9-12-11-8(15-2)17-9/h6,10H,3-5H2,1-2H3,(H,13,14). The smallest absolute Gasteiger partial charge is 0.320 e. The zero-order chi connectivity index (χ0) is 12.7. The number of carboxylic acid groups (broad SMARTS) is 1. The van der Waals surface area contributed by atoms with Crippen LogP contribution in [-0.4, -0.2) is 45.9 Å². The van der Waals surface area contributed by atoms with Gasteiger partial charge in [-0.2, -0.15) is 0 Å². The van der Waals surface area contributed by atoms with Crippen LogP contribution in [0.25, 0.3) is 0 Å². The minimum Gasteiger partial charge on any atom is -0.480 e. The molecule has 0 amide bonds. The van der Waals surface area contributed by atoms with Gasteiger partial charge in [-0.25, -0.2) is 0 Å². The predicted octanol–water partition coefficient (Wildman–Crippen LogP) is 1.80. The molecule has 1 aromatic rings. The van der Waals surface area contributed by atoms with Gasteiger partial charge in [-0.05, 0) is 19.2 Å². The van der Waals surface area contributed by atoms with Crippen LogP contribution in [0.1, 0.15) is 13.3 Å². The van der Waals surface area contributed by atoms with E-state index in [1.807, 2.05) is 13.2 Å². The van der Waals surface area contributed by atoms with E-state index in [9.17, 15) is 4.79 Å². The fraction of sp³-hybridized carbons (Fsp3) is 0.667. The van der Waals surface area contributed by atoms with E-state index in [2.05, 4.69) is 15.5 Å². The summed E-state index contributed by atoms with van der Waals surface area (Å²) >= 11 is 4.67. The zero-order valence-electron chi connectivity index (χ0n) is 9.67. The number of thioether (sulfide) groups is 2. The van der Waals surface area contributed by atoms with Crippen LogP contribution in [-0.2, 0) is 4.79 Å². The Hall–Kier alpha value is -0.310. The van der Waals surface area contributed by atoms with Gasteiger partial charge in [-0.3, -0.25) is 4.79 Å². The Labute approximate surface area is 113 Å². The molecule has 1 heterocycles. The molecule has 0 saturated carbocycles. The lowest BCUT2D eigenvalue weighted by Crippen LogP contribution is -2.36. The topological polar surface area (TPSA) is 75.1 Å². The molecule has 0 aliphatic rings. The van der Waals surface area contributed by atoms with Gasteiger partial charge >= 0.3 is 5.97 Å². The molecule has 96 valence electrons. The van der Waals surface area contributed by atoms with Gasteiger partial charge in [0.1, 0.15) is 6.04 Å². The van der Waals surface area contributed by atoms with Gasteiger partial charge in [0.05, 0.1) is 0 Å². The summed E-state index contributed by atoms with van der Waals surface area (Å²) < 4.78 is 1.84. The molecule has 0 spiro atoms. The number of rotatable bonds is 8. The summed E-state index contributed by atoms with van der Waals surface area (Å²) in [4.78, 5) is 10.9. The van der Waals surface area contributed by atoms with Crippen molar-refractivity contribution in [1.82, 2.24) is 15.5 Å². The first-order valence-corrected chi connectivity index (χ1v) is 8.16. The van der Waals surface area contributed by atoms with Gasteiger partial charge in [0.15, 0.2) is 8.68 Å². The Morgan fingerprint density at radius 3 is 2.76 bits per heavy atom. The summed E-state index contributed by atoms with van der Waals surface area (Å²) in [5.74, 6) is -0.0676. The quantitative estimate of drug-likeness (QED) is 0.708. The van der Waals surface area contributed by atoms with Crippen LogP contribution in [0.3, 0.4) is 0 Å². The largest absolute Gasteiger partial charge is 0.480 e. The summed E-state index contributed by atoms with van der Waals surface area (Å²) in [6, 6.07) is -0.472. The first kappa shape index (κ1) is 14.7. The van der Waals surface area contributed by atoms with Crippen LogP contribution in [0.2, 0.25) is 0 Å². The van der Waals surface area contributed by atoms with Crippen LogP contribution in [0.15, 0.2) is 8.68 Å². The molecule has 0 aromatic carbocycles. The molecular weight excluding hydrogens is 278 g/mol. The minimum absolute atomic E-state index is 0.472. The van der Waals surface area contributed by atoms with Crippen molar-refractivity contribution >= 4 is 40.8 Å². The molecule has 0 aliphatic carbocycles. The molecular formula is C9H15N3O2S3. The number of aromatic nitrogens is 2. The number of nitrogens with zero attached hydrogens (tertiary/aromatic N) is 2. The second kappa shape index (κ2) is 7.91. The molecule has 5 nitrogen and oxygen atoms in total. The van der Waals surface area contributed by atoms with Crippen molar-refractivity contribution in [1.29, 1.82) is 0 Å². The molecule has 1 unspecified atom stereocenters. The lowest BCUT2D eigenvalue weighted by molar-refractivity contribution is -0.139. The van der Waals surface area contributed by atoms with E-state index in [0.29, 0.717) is 13.0 Å². The first-order valence-electron chi connectivity index (χ1n) is 5.13. The average Bonchev–Trinajstić information content (AvgIpc) is 2.75. The lowest BCUT2D eigenvalue weighted by Gasteiger charge is -2.11. The Morgan fingerprint density at radius 1 is 1.53 bits per heavy atom. The molecule has 17 heavy (non-hydrogen) atoms. The summed E-state index contributed by atoms with van der Waals surface area (Å²) in [7, 11) is 0. The molecule has 1 atom stereocenters. The van der Waals surface area contributed by atoms with E-state index in [1.54, 1.807) is 34.9 Å². The van der Waals surface area contributed by atoms with Crippen LogP contribution in [0, 0.1) is 0 Å². The Morgan fingerprint density at radius 2 is 2.24 bits per heavy atom. The number of hydrogen-bond acceptors (Lipinski definition) is 7. The first-order chi connectivity index (χ1) is 8.17. The third-order valence-electron chi connectivity index (χ3n) is 1.94. The van der Waals surface area contributed by atoms with E-state index in [1.165, 1.54) is 0 Å². The molecule has 0 radical (unpaired) electrons. The van der Waals surface area contributed by atoms with Crippen molar-refractivity contribution in [3.63, 3.8) is 0 Å². The monoisotopic (exact) mass is 293 g/mol. The summed E-state index contributed by atoms with van der Waals surface area (Å²) in [5, 5.41) is 19.9. The van der Waals surface area contributed by atoms with Gasteiger partial charge in [-0.15, -0.1) is 10.2 Å². The maximum atomic E-state index is 10.9. The maximum absolute atomic E-state index is 10.9. The molecule has 0 fully saturated rings. The predicted molar refractivity (Wildman–Crippen MR) is 72.1 cm³/mol. The number of aliphatic carboxylic acids is 1. The Bertz CT molecular complexity index is 359. The van der Waals surface area contributed by atoms with Crippen LogP contribution in [0.4, 0.5) is 0 Å². The van der Waals surface area contributed by atoms with Crippen LogP contribution in [0.5, 0.6) is 0 Å². The van der Waals surface area contributed by atoms with Crippen molar-refractivity contribution in [2.75, 3.05) is 18.6 Å². The normalized spacial score (nSPS) is 12.6. The number of carboxylic acids is 1. The second-order valence-electron chi connectivity index (χ2n) is 3.12. The van der Waals surface area contributed by atoms with Crippen molar-refractivity contribution in [2.45, 2.75) is 28.1 Å². The van der Waals surface area contributed by atoms with E-state index < -0.39 is 12.0 Å². The fourth-order valence-electron chi connectivity index (χ4n) is 1.16. The van der Waals surface area contributed by atoms with Gasteiger partial charge in [0, 0.05) is 5.75 Å². The van der Waals surface area contributed by atoms with Gasteiger partial charge in [0.2, 0.25) is 0 Å². The molecule has 0 bridgehead atoms. The lowest BCUT2D eigenvalue weighted by atomic mass is 10.2. The van der Waals surface area contributed by atoms with Gasteiger partial charge in [-0.1, -0.05) is 41.8 Å². The van der Waals surface area contributed by atoms with E-state index in [-0.39, 0.29) is 0 Å². The van der Waals surface area contributed by atoms with E-state index >= 15 is 0 Å². The maximum Gasteiger partial charge on any atom is 0.320 e. The zero-order valence-corrected chi connectivity index (χ0v) is 12.1. The van der Waals surface area contributed by atoms with Crippen LogP contribution < -0.4 is 5.32 Å². The summed E-state index contributed by atoms with van der Waals surface area (Å²) in [6.45, 7) is 2.57. The van der Waals surface area contributed by atoms with Crippen molar-refractivity contribution in [3.05, 3.63) is 0 Å². The summed E-state index contributed by atoms with van der Waals surface area (Å²) in [6.07, 6.45) is 2.54. The van der Waals surface area contributed by atoms with E-state index in [0.717, 1.165) is 14.4 Å². The highest BCUT2D eigenvalue weighted by atomic mass is 32.2. The molecule has 8 heteroatoms. The Kier molecular flexibility index (Phi) is 6.86. The number of likely N-dealkylation sites (N-methyl/N-ethyl adjacent to an activating group) is 1. The average molecular weight is 293 g/mol.